The third-order valence-corrected chi connectivity index (χ3v) is 9.45. The first-order chi connectivity index (χ1) is 27.6. The van der Waals surface area contributed by atoms with E-state index in [1.54, 1.807) is 0 Å². The zero-order valence-corrected chi connectivity index (χ0v) is 35.9. The van der Waals surface area contributed by atoms with Crippen LogP contribution in [-0.4, -0.2) is 71.7 Å². The van der Waals surface area contributed by atoms with E-state index >= 15 is 0 Å². The van der Waals surface area contributed by atoms with Crippen LogP contribution in [0.2, 0.25) is 0 Å². The monoisotopic (exact) mass is 822 g/mol. The molecule has 0 fully saturated rings. The minimum absolute atomic E-state index is 0.00494. The molecule has 0 aliphatic rings. The Hall–Kier alpha value is -2.89. The number of aliphatic hydroxyl groups is 2. The van der Waals surface area contributed by atoms with Crippen molar-refractivity contribution in [3.05, 3.63) is 85.1 Å². The van der Waals surface area contributed by atoms with Gasteiger partial charge in [-0.15, -0.1) is 0 Å². The number of hydrogen-bond acceptors (Lipinski definition) is 10. The molecule has 0 aromatic rings. The van der Waals surface area contributed by atoms with Gasteiger partial charge in [0.2, 0.25) is 0 Å². The van der Waals surface area contributed by atoms with Gasteiger partial charge < -0.3 is 30.3 Å². The molecule has 0 aliphatic carbocycles. The molecule has 0 aromatic heterocycles. The first-order valence-electron chi connectivity index (χ1n) is 21.2. The summed E-state index contributed by atoms with van der Waals surface area (Å²) < 4.78 is 32.5. The summed E-state index contributed by atoms with van der Waals surface area (Å²) in [7, 11) is -4.46. The van der Waals surface area contributed by atoms with E-state index < -0.39 is 51.3 Å². The lowest BCUT2D eigenvalue weighted by atomic mass is 10.0. The van der Waals surface area contributed by atoms with Gasteiger partial charge in [0.05, 0.1) is 25.4 Å². The van der Waals surface area contributed by atoms with Gasteiger partial charge in [0.25, 0.3) is 0 Å². The molecule has 0 rings (SSSR count). The van der Waals surface area contributed by atoms with Crippen molar-refractivity contribution < 1.29 is 47.8 Å². The molecule has 11 nitrogen and oxygen atoms in total. The van der Waals surface area contributed by atoms with Crippen molar-refractivity contribution >= 4 is 19.8 Å². The molecule has 0 radical (unpaired) electrons. The Bertz CT molecular complexity index is 1240. The van der Waals surface area contributed by atoms with Crippen LogP contribution in [0.25, 0.3) is 0 Å². The van der Waals surface area contributed by atoms with E-state index in [0.29, 0.717) is 12.8 Å². The number of rotatable bonds is 38. The van der Waals surface area contributed by atoms with Gasteiger partial charge in [-0.3, -0.25) is 18.6 Å². The summed E-state index contributed by atoms with van der Waals surface area (Å²) in [5.41, 5.74) is 5.33. The van der Waals surface area contributed by atoms with Crippen molar-refractivity contribution in [2.45, 2.75) is 161 Å². The molecule has 0 saturated carbocycles. The third-order valence-electron chi connectivity index (χ3n) is 8.47. The number of esters is 2. The largest absolute Gasteiger partial charge is 0.472 e. The minimum atomic E-state index is -4.46. The van der Waals surface area contributed by atoms with E-state index in [2.05, 4.69) is 86.8 Å². The summed E-state index contributed by atoms with van der Waals surface area (Å²) >= 11 is 0. The predicted molar refractivity (Wildman–Crippen MR) is 231 cm³/mol. The maximum absolute atomic E-state index is 12.6. The summed E-state index contributed by atoms with van der Waals surface area (Å²) in [5, 5.41) is 20.6. The highest BCUT2D eigenvalue weighted by molar-refractivity contribution is 7.47. The van der Waals surface area contributed by atoms with Gasteiger partial charge in [-0.1, -0.05) is 125 Å². The van der Waals surface area contributed by atoms with Crippen LogP contribution in [0.15, 0.2) is 85.1 Å². The average molecular weight is 822 g/mol. The molecule has 0 aromatic carbocycles. The van der Waals surface area contributed by atoms with Crippen molar-refractivity contribution in [2.24, 2.45) is 5.73 Å². The number of hydrogen-bond donors (Lipinski definition) is 4. The second-order valence-electron chi connectivity index (χ2n) is 13.8. The van der Waals surface area contributed by atoms with E-state index in [1.165, 1.54) is 19.3 Å². The first kappa shape index (κ1) is 54.1. The molecule has 4 atom stereocenters. The van der Waals surface area contributed by atoms with Crippen LogP contribution in [-0.2, 0) is 32.7 Å². The summed E-state index contributed by atoms with van der Waals surface area (Å²) in [5.74, 6) is -1.15. The molecule has 0 amide bonds. The fourth-order valence-electron chi connectivity index (χ4n) is 5.20. The minimum Gasteiger partial charge on any atom is -0.462 e. The van der Waals surface area contributed by atoms with Crippen LogP contribution in [0.4, 0.5) is 0 Å². The van der Waals surface area contributed by atoms with E-state index in [-0.39, 0.29) is 38.8 Å². The second kappa shape index (κ2) is 39.9. The molecule has 0 saturated heterocycles. The molecule has 326 valence electrons. The molecule has 3 unspecified atom stereocenters. The molecule has 0 bridgehead atoms. The normalized spacial score (nSPS) is 15.3. The van der Waals surface area contributed by atoms with Crippen LogP contribution in [0.1, 0.15) is 142 Å². The Kier molecular flexibility index (Phi) is 37.9. The maximum Gasteiger partial charge on any atom is 0.472 e. The van der Waals surface area contributed by atoms with Crippen LogP contribution in [0.5, 0.6) is 0 Å². The number of aliphatic hydroxyl groups excluding tert-OH is 2. The van der Waals surface area contributed by atoms with Gasteiger partial charge in [0.15, 0.2) is 6.10 Å². The smallest absolute Gasteiger partial charge is 0.462 e. The molecule has 0 aliphatic heterocycles. The lowest BCUT2D eigenvalue weighted by Crippen LogP contribution is -2.30. The van der Waals surface area contributed by atoms with Gasteiger partial charge in [0.1, 0.15) is 6.61 Å². The summed E-state index contributed by atoms with van der Waals surface area (Å²) in [6.45, 7) is 3.20. The predicted octanol–water partition coefficient (Wildman–Crippen LogP) is 9.99. The highest BCUT2D eigenvalue weighted by Gasteiger charge is 2.26. The number of phosphoric acid groups is 1. The van der Waals surface area contributed by atoms with E-state index in [9.17, 15) is 29.3 Å². The lowest BCUT2D eigenvalue weighted by Gasteiger charge is -2.20. The summed E-state index contributed by atoms with van der Waals surface area (Å²) in [6.07, 6.45) is 42.1. The summed E-state index contributed by atoms with van der Waals surface area (Å²) in [6, 6.07) is 0. The SMILES string of the molecule is CC/C=C\C/C=C\C/C=C\C/C=C\CCCCCCC(=O)O[C@H](COC(=O)CCCC(O)C(O)C/C=C\C/C=C\C/C=C\CCCCC)COP(=O)(O)OCCN. The van der Waals surface area contributed by atoms with Crippen LogP contribution in [0, 0.1) is 0 Å². The first-order valence-corrected chi connectivity index (χ1v) is 22.7. The standard InChI is InChI=1S/C45H76NO10P/c1-3-5-7-9-11-13-15-17-18-19-20-21-23-25-27-29-31-35-45(50)56-41(40-55-57(51,52)54-38-37-46)39-53-44(49)36-32-34-43(48)42(47)33-30-28-26-24-22-16-14-12-10-8-6-4-2/h5,7,11-14,17-18,20-22,24,28,30,41-43,47-48H,3-4,6,8-10,15-16,19,23,25-27,29,31-40,46H2,1-2H3,(H,51,52)/b7-5-,13-11-,14-12-,18-17-,21-20-,24-22-,30-28-/t41-,42?,43?/m1/s1. The number of phosphoric ester groups is 1. The van der Waals surface area contributed by atoms with Crippen molar-refractivity contribution in [2.75, 3.05) is 26.4 Å². The fraction of sp³-hybridized carbons (Fsp3) is 0.644. The van der Waals surface area contributed by atoms with Crippen molar-refractivity contribution in [1.82, 2.24) is 0 Å². The summed E-state index contributed by atoms with van der Waals surface area (Å²) in [4.78, 5) is 34.9. The third kappa shape index (κ3) is 38.4. The van der Waals surface area contributed by atoms with Gasteiger partial charge >= 0.3 is 19.8 Å². The number of unbranched alkanes of at least 4 members (excludes halogenated alkanes) is 7. The van der Waals surface area contributed by atoms with Crippen LogP contribution in [0.3, 0.4) is 0 Å². The fourth-order valence-corrected chi connectivity index (χ4v) is 5.96. The molecule has 57 heavy (non-hydrogen) atoms. The van der Waals surface area contributed by atoms with Gasteiger partial charge in [-0.2, -0.15) is 0 Å². The topological polar surface area (TPSA) is 175 Å². The molecule has 12 heteroatoms. The zero-order chi connectivity index (χ0) is 42.1. The molecular weight excluding hydrogens is 745 g/mol. The van der Waals surface area contributed by atoms with Crippen LogP contribution < -0.4 is 5.73 Å². The van der Waals surface area contributed by atoms with E-state index in [1.807, 2.05) is 12.2 Å². The molecular formula is C45H76NO10P. The van der Waals surface area contributed by atoms with Crippen molar-refractivity contribution in [3.8, 4) is 0 Å². The highest BCUT2D eigenvalue weighted by atomic mass is 31.2. The Morgan fingerprint density at radius 1 is 0.614 bits per heavy atom. The van der Waals surface area contributed by atoms with Crippen molar-refractivity contribution in [3.63, 3.8) is 0 Å². The number of ether oxygens (including phenoxy) is 2. The van der Waals surface area contributed by atoms with Gasteiger partial charge in [-0.25, -0.2) is 4.57 Å². The zero-order valence-electron chi connectivity index (χ0n) is 35.0. The van der Waals surface area contributed by atoms with Crippen LogP contribution >= 0.6 is 7.82 Å². The Labute approximate surface area is 344 Å². The molecule has 5 N–H and O–H groups in total. The van der Waals surface area contributed by atoms with E-state index in [4.69, 9.17) is 24.3 Å². The Morgan fingerprint density at radius 3 is 1.72 bits per heavy atom. The number of allylic oxidation sites excluding steroid dienone is 13. The van der Waals surface area contributed by atoms with Gasteiger partial charge in [-0.05, 0) is 89.9 Å². The second-order valence-corrected chi connectivity index (χ2v) is 15.2. The van der Waals surface area contributed by atoms with Gasteiger partial charge in [0, 0.05) is 19.4 Å². The maximum atomic E-state index is 12.6. The Morgan fingerprint density at radius 2 is 1.14 bits per heavy atom. The average Bonchev–Trinajstić information content (AvgIpc) is 3.19. The molecule has 0 spiro atoms. The highest BCUT2D eigenvalue weighted by Crippen LogP contribution is 2.43. The number of carbonyl (C=O) groups is 2. The number of nitrogens with two attached hydrogens (primary N) is 1. The number of carbonyl (C=O) groups excluding carboxylic acids is 2. The quantitative estimate of drug-likeness (QED) is 0.0202. The van der Waals surface area contributed by atoms with E-state index in [0.717, 1.165) is 70.6 Å². The Balaban J connectivity index is 4.47. The lowest BCUT2D eigenvalue weighted by molar-refractivity contribution is -0.161. The van der Waals surface area contributed by atoms with Crippen molar-refractivity contribution in [1.29, 1.82) is 0 Å². The molecule has 0 heterocycles.